The molecule has 1 N–H and O–H groups in total. The number of hydrogen-bond donors (Lipinski definition) is 1. The minimum Gasteiger partial charge on any atom is -0.475 e. The van der Waals surface area contributed by atoms with E-state index in [1.165, 1.54) is 5.56 Å². The highest BCUT2D eigenvalue weighted by Gasteiger charge is 2.23. The standard InChI is InChI=1S/C31H34N4O4S/c1-22-27-21-26(13-14-28(27)39-29(22)30(36)37)40-35(16-15-23-7-5-4-6-8-23)25-11-9-24(10-12-25)33-17-19-34(20-18-33)31(38)32(2)3/h4-14,21H,15-20H2,1-3H3,(H,36,37). The van der Waals surface area contributed by atoms with Gasteiger partial charge in [-0.05, 0) is 73.3 Å². The third-order valence-corrected chi connectivity index (χ3v) is 8.28. The summed E-state index contributed by atoms with van der Waals surface area (Å²) in [5, 5.41) is 10.3. The Morgan fingerprint density at radius 3 is 2.30 bits per heavy atom. The van der Waals surface area contributed by atoms with Gasteiger partial charge in [-0.3, -0.25) is 0 Å². The molecular formula is C31H34N4O4S. The Morgan fingerprint density at radius 2 is 1.65 bits per heavy atom. The van der Waals surface area contributed by atoms with Crippen molar-refractivity contribution in [2.24, 2.45) is 0 Å². The van der Waals surface area contributed by atoms with Crippen molar-refractivity contribution in [2.45, 2.75) is 18.2 Å². The topological polar surface area (TPSA) is 80.5 Å². The Kier molecular flexibility index (Phi) is 8.21. The van der Waals surface area contributed by atoms with Crippen molar-refractivity contribution in [3.63, 3.8) is 0 Å². The number of amides is 2. The number of aryl methyl sites for hydroxylation is 1. The fourth-order valence-electron chi connectivity index (χ4n) is 4.96. The minimum absolute atomic E-state index is 0.0133. The Balaban J connectivity index is 1.34. The zero-order valence-electron chi connectivity index (χ0n) is 23.0. The van der Waals surface area contributed by atoms with Crippen LogP contribution in [0.2, 0.25) is 0 Å². The van der Waals surface area contributed by atoms with Gasteiger partial charge in [0, 0.05) is 74.0 Å². The molecule has 0 atom stereocenters. The van der Waals surface area contributed by atoms with Crippen molar-refractivity contribution in [3.05, 3.63) is 89.7 Å². The lowest BCUT2D eigenvalue weighted by atomic mass is 10.1. The molecule has 4 aromatic rings. The predicted octanol–water partition coefficient (Wildman–Crippen LogP) is 6.00. The first kappa shape index (κ1) is 27.5. The number of furan rings is 1. The lowest BCUT2D eigenvalue weighted by Crippen LogP contribution is -2.51. The van der Waals surface area contributed by atoms with Crippen LogP contribution in [0.3, 0.4) is 0 Å². The first-order chi connectivity index (χ1) is 19.3. The second-order valence-electron chi connectivity index (χ2n) is 10.1. The Morgan fingerprint density at radius 1 is 0.950 bits per heavy atom. The summed E-state index contributed by atoms with van der Waals surface area (Å²) >= 11 is 1.63. The number of carbonyl (C=O) groups excluding carboxylic acids is 1. The number of aromatic carboxylic acids is 1. The maximum absolute atomic E-state index is 12.3. The average molecular weight is 559 g/mol. The highest BCUT2D eigenvalue weighted by molar-refractivity contribution is 8.00. The molecule has 9 heteroatoms. The number of fused-ring (bicyclic) bond motifs is 1. The van der Waals surface area contributed by atoms with Gasteiger partial charge >= 0.3 is 12.0 Å². The third kappa shape index (κ3) is 6.04. The van der Waals surface area contributed by atoms with Gasteiger partial charge in [-0.2, -0.15) is 0 Å². The summed E-state index contributed by atoms with van der Waals surface area (Å²) in [6, 6.07) is 24.9. The van der Waals surface area contributed by atoms with Gasteiger partial charge in [0.2, 0.25) is 5.76 Å². The van der Waals surface area contributed by atoms with Gasteiger partial charge in [0.05, 0.1) is 0 Å². The largest absolute Gasteiger partial charge is 0.475 e. The number of rotatable bonds is 8. The van der Waals surface area contributed by atoms with Crippen molar-refractivity contribution in [1.29, 1.82) is 0 Å². The molecule has 208 valence electrons. The highest BCUT2D eigenvalue weighted by atomic mass is 32.2. The van der Waals surface area contributed by atoms with Crippen molar-refractivity contribution in [1.82, 2.24) is 9.80 Å². The number of carboxylic acids is 1. The summed E-state index contributed by atoms with van der Waals surface area (Å²) in [4.78, 5) is 30.7. The fraction of sp³-hybridized carbons (Fsp3) is 0.290. The monoisotopic (exact) mass is 558 g/mol. The van der Waals surface area contributed by atoms with Crippen LogP contribution in [0, 0.1) is 6.92 Å². The third-order valence-electron chi connectivity index (χ3n) is 7.20. The van der Waals surface area contributed by atoms with E-state index in [-0.39, 0.29) is 11.8 Å². The van der Waals surface area contributed by atoms with Gasteiger partial charge in [0.1, 0.15) is 5.58 Å². The molecule has 1 aliphatic rings. The van der Waals surface area contributed by atoms with Crippen LogP contribution in [0.5, 0.6) is 0 Å². The van der Waals surface area contributed by atoms with Gasteiger partial charge in [-0.25, -0.2) is 9.59 Å². The summed E-state index contributed by atoms with van der Waals surface area (Å²) in [6.07, 6.45) is 0.883. The SMILES string of the molecule is Cc1c(C(=O)O)oc2ccc(SN(CCc3ccccc3)c3ccc(N4CCN(C(=O)N(C)C)CC4)cc3)cc12. The molecule has 5 rings (SSSR count). The van der Waals surface area contributed by atoms with E-state index in [2.05, 4.69) is 57.7 Å². The first-order valence-corrected chi connectivity index (χ1v) is 14.1. The average Bonchev–Trinajstić information content (AvgIpc) is 3.31. The first-order valence-electron chi connectivity index (χ1n) is 13.4. The van der Waals surface area contributed by atoms with E-state index >= 15 is 0 Å². The van der Waals surface area contributed by atoms with Crippen LogP contribution in [-0.4, -0.2) is 73.7 Å². The molecule has 8 nitrogen and oxygen atoms in total. The molecule has 0 spiro atoms. The molecule has 2 amide bonds. The number of piperazine rings is 1. The second-order valence-corrected chi connectivity index (χ2v) is 11.2. The summed E-state index contributed by atoms with van der Waals surface area (Å²) < 4.78 is 7.84. The number of carboxylic acid groups (broad SMARTS) is 1. The number of anilines is 2. The van der Waals surface area contributed by atoms with E-state index in [1.807, 2.05) is 29.2 Å². The van der Waals surface area contributed by atoms with E-state index in [0.717, 1.165) is 47.7 Å². The predicted molar refractivity (Wildman–Crippen MR) is 161 cm³/mol. The lowest BCUT2D eigenvalue weighted by molar-refractivity contribution is 0.0664. The van der Waals surface area contributed by atoms with Crippen LogP contribution in [0.15, 0.2) is 82.1 Å². The zero-order chi connectivity index (χ0) is 28.2. The summed E-state index contributed by atoms with van der Waals surface area (Å²) in [5.74, 6) is -1.07. The van der Waals surface area contributed by atoms with Gasteiger partial charge in [0.25, 0.3) is 0 Å². The van der Waals surface area contributed by atoms with Crippen LogP contribution < -0.4 is 9.21 Å². The number of hydrogen-bond acceptors (Lipinski definition) is 6. The van der Waals surface area contributed by atoms with Gasteiger partial charge in [-0.15, -0.1) is 0 Å². The molecule has 0 saturated carbocycles. The maximum atomic E-state index is 12.3. The van der Waals surface area contributed by atoms with E-state index < -0.39 is 5.97 Å². The van der Waals surface area contributed by atoms with Crippen molar-refractivity contribution in [3.8, 4) is 0 Å². The molecule has 0 bridgehead atoms. The van der Waals surface area contributed by atoms with Gasteiger partial charge in [-0.1, -0.05) is 30.3 Å². The molecule has 1 aliphatic heterocycles. The Hall–Kier alpha value is -4.11. The highest BCUT2D eigenvalue weighted by Crippen LogP contribution is 2.34. The van der Waals surface area contributed by atoms with E-state index in [1.54, 1.807) is 37.9 Å². The Bertz CT molecular complexity index is 1480. The summed E-state index contributed by atoms with van der Waals surface area (Å²) in [6.45, 7) is 5.59. The number of benzene rings is 3. The molecule has 40 heavy (non-hydrogen) atoms. The fourth-order valence-corrected chi connectivity index (χ4v) is 5.92. The zero-order valence-corrected chi connectivity index (χ0v) is 23.9. The number of carbonyl (C=O) groups is 2. The van der Waals surface area contributed by atoms with Crippen molar-refractivity contribution >= 4 is 46.3 Å². The van der Waals surface area contributed by atoms with Crippen molar-refractivity contribution < 1.29 is 19.1 Å². The van der Waals surface area contributed by atoms with E-state index in [4.69, 9.17) is 4.42 Å². The Labute approximate surface area is 238 Å². The number of urea groups is 1. The quantitative estimate of drug-likeness (QED) is 0.266. The van der Waals surface area contributed by atoms with Gasteiger partial charge < -0.3 is 28.5 Å². The normalized spacial score (nSPS) is 13.5. The molecule has 1 aromatic heterocycles. The molecule has 0 unspecified atom stereocenters. The molecule has 0 aliphatic carbocycles. The summed E-state index contributed by atoms with van der Waals surface area (Å²) in [5.41, 5.74) is 4.71. The summed E-state index contributed by atoms with van der Waals surface area (Å²) in [7, 11) is 3.58. The van der Waals surface area contributed by atoms with E-state index in [0.29, 0.717) is 24.2 Å². The van der Waals surface area contributed by atoms with Crippen LogP contribution in [0.4, 0.5) is 16.2 Å². The molecule has 2 heterocycles. The van der Waals surface area contributed by atoms with Crippen LogP contribution >= 0.6 is 11.9 Å². The van der Waals surface area contributed by atoms with Crippen LogP contribution in [0.25, 0.3) is 11.0 Å². The number of nitrogens with zero attached hydrogens (tertiary/aromatic N) is 4. The molecule has 3 aromatic carbocycles. The van der Waals surface area contributed by atoms with Crippen LogP contribution in [-0.2, 0) is 6.42 Å². The van der Waals surface area contributed by atoms with E-state index in [9.17, 15) is 14.7 Å². The molecule has 0 radical (unpaired) electrons. The smallest absolute Gasteiger partial charge is 0.372 e. The second kappa shape index (κ2) is 12.0. The lowest BCUT2D eigenvalue weighted by Gasteiger charge is -2.37. The molecular weight excluding hydrogens is 524 g/mol. The van der Waals surface area contributed by atoms with Gasteiger partial charge in [0.15, 0.2) is 0 Å². The minimum atomic E-state index is -1.06. The molecule has 1 fully saturated rings. The van der Waals surface area contributed by atoms with Crippen molar-refractivity contribution in [2.75, 3.05) is 56.0 Å². The van der Waals surface area contributed by atoms with Crippen LogP contribution in [0.1, 0.15) is 21.7 Å². The molecule has 1 saturated heterocycles. The maximum Gasteiger partial charge on any atom is 0.372 e.